The van der Waals surface area contributed by atoms with E-state index in [4.69, 9.17) is 0 Å². The van der Waals surface area contributed by atoms with Crippen molar-refractivity contribution in [3.63, 3.8) is 0 Å². The van der Waals surface area contributed by atoms with Crippen molar-refractivity contribution in [1.29, 1.82) is 0 Å². The Kier molecular flexibility index (Phi) is 4.46. The van der Waals surface area contributed by atoms with Gasteiger partial charge < -0.3 is 9.46 Å². The number of halogens is 3. The fourth-order valence-electron chi connectivity index (χ4n) is 2.00. The highest BCUT2D eigenvalue weighted by Gasteiger charge is 2.45. The molecule has 1 unspecified atom stereocenters. The van der Waals surface area contributed by atoms with Gasteiger partial charge in [0.05, 0.1) is 0 Å². The Morgan fingerprint density at radius 2 is 1.43 bits per heavy atom. The summed E-state index contributed by atoms with van der Waals surface area (Å²) >= 11 is 0. The van der Waals surface area contributed by atoms with Gasteiger partial charge in [0.1, 0.15) is 7.37 Å². The molecular formula is C15H21F3O2P-. The van der Waals surface area contributed by atoms with Crippen LogP contribution in [0.4, 0.5) is 13.2 Å². The summed E-state index contributed by atoms with van der Waals surface area (Å²) in [6, 6.07) is 4.12. The third kappa shape index (κ3) is 3.70. The second-order valence-electron chi connectivity index (χ2n) is 7.25. The molecule has 0 saturated heterocycles. The molecule has 0 spiro atoms. The van der Waals surface area contributed by atoms with Crippen LogP contribution in [-0.2, 0) is 15.4 Å². The zero-order valence-corrected chi connectivity index (χ0v) is 14.0. The predicted molar refractivity (Wildman–Crippen MR) is 77.1 cm³/mol. The summed E-state index contributed by atoms with van der Waals surface area (Å²) in [5.41, 5.74) is 0.0230. The van der Waals surface area contributed by atoms with Gasteiger partial charge in [-0.15, -0.1) is 0 Å². The molecule has 0 fully saturated rings. The van der Waals surface area contributed by atoms with E-state index in [2.05, 4.69) is 0 Å². The normalized spacial score (nSPS) is 16.7. The molecule has 0 aromatic heterocycles. The largest absolute Gasteiger partial charge is 0.790 e. The summed E-state index contributed by atoms with van der Waals surface area (Å²) in [4.78, 5) is 11.8. The first-order chi connectivity index (χ1) is 9.08. The Morgan fingerprint density at radius 1 is 0.952 bits per heavy atom. The van der Waals surface area contributed by atoms with Crippen molar-refractivity contribution in [1.82, 2.24) is 0 Å². The van der Waals surface area contributed by atoms with E-state index in [9.17, 15) is 22.6 Å². The van der Waals surface area contributed by atoms with E-state index < -0.39 is 24.0 Å². The summed E-state index contributed by atoms with van der Waals surface area (Å²) in [6.45, 7) is 10.9. The Balaban J connectivity index is 3.67. The smallest absolute Gasteiger partial charge is 0.430 e. The minimum atomic E-state index is -5.68. The number of benzene rings is 1. The Bertz CT molecular complexity index is 578. The van der Waals surface area contributed by atoms with Crippen molar-refractivity contribution in [3.8, 4) is 0 Å². The number of hydrogen-bond acceptors (Lipinski definition) is 2. The molecule has 0 heterocycles. The number of hydrogen-bond donors (Lipinski definition) is 0. The quantitative estimate of drug-likeness (QED) is 0.732. The first-order valence-corrected chi connectivity index (χ1v) is 8.24. The van der Waals surface area contributed by atoms with Crippen molar-refractivity contribution in [2.75, 3.05) is 0 Å². The van der Waals surface area contributed by atoms with Crippen molar-refractivity contribution >= 4 is 12.7 Å². The fraction of sp³-hybridized carbons (Fsp3) is 0.600. The topological polar surface area (TPSA) is 40.1 Å². The van der Waals surface area contributed by atoms with Crippen molar-refractivity contribution in [2.24, 2.45) is 0 Å². The van der Waals surface area contributed by atoms with Gasteiger partial charge in [0.15, 0.2) is 0 Å². The maximum atomic E-state index is 12.8. The fourth-order valence-corrected chi connectivity index (χ4v) is 3.26. The van der Waals surface area contributed by atoms with Gasteiger partial charge in [-0.05, 0) is 22.0 Å². The molecule has 0 radical (unpaired) electrons. The molecular weight excluding hydrogens is 300 g/mol. The molecule has 6 heteroatoms. The molecule has 1 aromatic carbocycles. The second kappa shape index (κ2) is 5.13. The van der Waals surface area contributed by atoms with E-state index in [0.29, 0.717) is 0 Å². The zero-order valence-electron chi connectivity index (χ0n) is 13.1. The summed E-state index contributed by atoms with van der Waals surface area (Å²) < 4.78 is 50.3. The highest BCUT2D eigenvalue weighted by Crippen LogP contribution is 2.54. The van der Waals surface area contributed by atoms with Gasteiger partial charge in [0.2, 0.25) is 0 Å². The molecule has 2 nitrogen and oxygen atoms in total. The van der Waals surface area contributed by atoms with E-state index in [0.717, 1.165) is 11.6 Å². The van der Waals surface area contributed by atoms with E-state index in [1.165, 1.54) is 6.07 Å². The Labute approximate surface area is 123 Å². The first kappa shape index (κ1) is 18.2. The summed E-state index contributed by atoms with van der Waals surface area (Å²) in [6.07, 6.45) is 0. The maximum Gasteiger partial charge on any atom is 0.430 e. The van der Waals surface area contributed by atoms with Crippen LogP contribution in [0.15, 0.2) is 18.2 Å². The lowest BCUT2D eigenvalue weighted by atomic mass is 9.81. The first-order valence-electron chi connectivity index (χ1n) is 6.62. The van der Waals surface area contributed by atoms with Crippen molar-refractivity contribution in [3.05, 3.63) is 29.3 Å². The van der Waals surface area contributed by atoms with E-state index in [1.807, 2.05) is 20.8 Å². The lowest BCUT2D eigenvalue weighted by molar-refractivity contribution is -0.208. The van der Waals surface area contributed by atoms with Gasteiger partial charge in [-0.3, -0.25) is 0 Å². The average Bonchev–Trinajstić information content (AvgIpc) is 2.24. The van der Waals surface area contributed by atoms with Crippen LogP contribution in [-0.4, -0.2) is 5.92 Å². The minimum absolute atomic E-state index is 0.200. The minimum Gasteiger partial charge on any atom is -0.790 e. The van der Waals surface area contributed by atoms with Gasteiger partial charge in [-0.25, -0.2) is 0 Å². The predicted octanol–water partition coefficient (Wildman–Crippen LogP) is 4.07. The number of rotatable bonds is 1. The highest BCUT2D eigenvalue weighted by atomic mass is 31.2. The van der Waals surface area contributed by atoms with Gasteiger partial charge >= 0.3 is 5.92 Å². The van der Waals surface area contributed by atoms with E-state index in [1.54, 1.807) is 26.8 Å². The highest BCUT2D eigenvalue weighted by molar-refractivity contribution is 7.65. The summed E-state index contributed by atoms with van der Waals surface area (Å²) in [5, 5.41) is -0.629. The third-order valence-corrected chi connectivity index (χ3v) is 5.01. The molecule has 1 atom stereocenters. The van der Waals surface area contributed by atoms with Crippen LogP contribution in [0.2, 0.25) is 0 Å². The molecule has 120 valence electrons. The molecule has 0 N–H and O–H groups in total. The molecule has 0 aliphatic heterocycles. The SMILES string of the molecule is CC(C)(C)c1ccc(P(=O)([O-])C(F)(F)F)c(C(C)(C)C)c1. The summed E-state index contributed by atoms with van der Waals surface area (Å²) in [7, 11) is -5.68. The van der Waals surface area contributed by atoms with Gasteiger partial charge in [0.25, 0.3) is 0 Å². The van der Waals surface area contributed by atoms with Gasteiger partial charge in [-0.2, -0.15) is 13.2 Å². The molecule has 0 amide bonds. The molecule has 1 aromatic rings. The van der Waals surface area contributed by atoms with Crippen LogP contribution in [0, 0.1) is 0 Å². The molecule has 0 aliphatic rings. The Hall–Kier alpha value is -0.800. The van der Waals surface area contributed by atoms with E-state index in [-0.39, 0.29) is 11.0 Å². The van der Waals surface area contributed by atoms with Crippen LogP contribution in [0.5, 0.6) is 0 Å². The second-order valence-corrected chi connectivity index (χ2v) is 9.34. The zero-order chi connectivity index (χ0) is 16.9. The average molecular weight is 321 g/mol. The van der Waals surface area contributed by atoms with Crippen LogP contribution in [0.25, 0.3) is 0 Å². The summed E-state index contributed by atoms with van der Waals surface area (Å²) in [5.74, 6) is -5.27. The monoisotopic (exact) mass is 321 g/mol. The van der Waals surface area contributed by atoms with Crippen LogP contribution in [0.3, 0.4) is 0 Å². The number of alkyl halides is 3. The van der Waals surface area contributed by atoms with Crippen LogP contribution < -0.4 is 10.2 Å². The molecule has 21 heavy (non-hydrogen) atoms. The lowest BCUT2D eigenvalue weighted by Crippen LogP contribution is -2.34. The standard InChI is InChI=1S/C15H22F3O2P/c1-13(2,3)10-7-8-12(11(9-10)14(4,5)6)21(19,20)15(16,17)18/h7-9H,1-6H3,(H,19,20)/p-1. The molecule has 0 saturated carbocycles. The molecule has 1 rings (SSSR count). The van der Waals surface area contributed by atoms with Crippen LogP contribution in [0.1, 0.15) is 52.7 Å². The Morgan fingerprint density at radius 3 is 1.76 bits per heavy atom. The van der Waals surface area contributed by atoms with Crippen molar-refractivity contribution < 1.29 is 22.6 Å². The van der Waals surface area contributed by atoms with Gasteiger partial charge in [-0.1, -0.05) is 59.7 Å². The van der Waals surface area contributed by atoms with Gasteiger partial charge in [0, 0.05) is 5.30 Å². The third-order valence-electron chi connectivity index (χ3n) is 3.32. The van der Waals surface area contributed by atoms with Crippen molar-refractivity contribution in [2.45, 2.75) is 58.3 Å². The van der Waals surface area contributed by atoms with Crippen LogP contribution >= 0.6 is 7.37 Å². The lowest BCUT2D eigenvalue weighted by Gasteiger charge is -2.34. The molecule has 0 aliphatic carbocycles. The maximum absolute atomic E-state index is 12.8. The van der Waals surface area contributed by atoms with E-state index >= 15 is 0 Å². The molecule has 0 bridgehead atoms.